The van der Waals surface area contributed by atoms with Crippen LogP contribution in [0.2, 0.25) is 0 Å². The minimum atomic E-state index is -0.0640. The van der Waals surface area contributed by atoms with Gasteiger partial charge in [-0.15, -0.1) is 0 Å². The van der Waals surface area contributed by atoms with Gasteiger partial charge in [0.1, 0.15) is 5.82 Å². The van der Waals surface area contributed by atoms with Gasteiger partial charge < -0.3 is 4.98 Å². The molecular formula is C19H23N5O. The van der Waals surface area contributed by atoms with E-state index < -0.39 is 0 Å². The maximum absolute atomic E-state index is 12.4. The van der Waals surface area contributed by atoms with E-state index in [1.54, 1.807) is 0 Å². The van der Waals surface area contributed by atoms with E-state index in [0.717, 1.165) is 37.3 Å². The summed E-state index contributed by atoms with van der Waals surface area (Å²) in [5.41, 5.74) is 1.87. The van der Waals surface area contributed by atoms with Crippen molar-refractivity contribution in [1.29, 1.82) is 0 Å². The number of aryl methyl sites for hydroxylation is 1. The van der Waals surface area contributed by atoms with Crippen molar-refractivity contribution in [2.45, 2.75) is 45.3 Å². The van der Waals surface area contributed by atoms with Crippen LogP contribution in [0.3, 0.4) is 0 Å². The first-order chi connectivity index (χ1) is 12.1. The maximum atomic E-state index is 12.4. The van der Waals surface area contributed by atoms with Crippen LogP contribution in [0.25, 0.3) is 10.9 Å². The Hall–Kier alpha value is -2.47. The van der Waals surface area contributed by atoms with Crippen LogP contribution in [0.4, 0.5) is 0 Å². The summed E-state index contributed by atoms with van der Waals surface area (Å²) in [6.07, 6.45) is 6.27. The predicted molar refractivity (Wildman–Crippen MR) is 97.5 cm³/mol. The number of hydrogen-bond acceptors (Lipinski definition) is 4. The molecule has 130 valence electrons. The van der Waals surface area contributed by atoms with Gasteiger partial charge in [-0.05, 0) is 50.9 Å². The lowest BCUT2D eigenvalue weighted by Gasteiger charge is -2.30. The van der Waals surface area contributed by atoms with Gasteiger partial charge >= 0.3 is 0 Å². The highest BCUT2D eigenvalue weighted by Crippen LogP contribution is 2.28. The minimum Gasteiger partial charge on any atom is -0.309 e. The molecule has 2 unspecified atom stereocenters. The van der Waals surface area contributed by atoms with Gasteiger partial charge in [-0.3, -0.25) is 14.4 Å². The summed E-state index contributed by atoms with van der Waals surface area (Å²) in [7, 11) is 0. The van der Waals surface area contributed by atoms with Gasteiger partial charge in [-0.1, -0.05) is 12.1 Å². The van der Waals surface area contributed by atoms with Crippen LogP contribution >= 0.6 is 0 Å². The second kappa shape index (κ2) is 6.44. The summed E-state index contributed by atoms with van der Waals surface area (Å²) in [4.78, 5) is 22.5. The molecule has 1 saturated heterocycles. The topological polar surface area (TPSA) is 66.8 Å². The SMILES string of the molecule is Cc1cnn(CC2CCCN2C(C)c2nc3ccccc3c(=O)[nH]2)c1. The van der Waals surface area contributed by atoms with E-state index in [-0.39, 0.29) is 11.6 Å². The Morgan fingerprint density at radius 2 is 2.20 bits per heavy atom. The molecule has 3 heterocycles. The zero-order valence-electron chi connectivity index (χ0n) is 14.6. The first-order valence-electron chi connectivity index (χ1n) is 8.85. The molecule has 3 aromatic rings. The molecular weight excluding hydrogens is 314 g/mol. The lowest BCUT2D eigenvalue weighted by Crippen LogP contribution is -2.36. The lowest BCUT2D eigenvalue weighted by atomic mass is 10.1. The first kappa shape index (κ1) is 16.0. The first-order valence-corrected chi connectivity index (χ1v) is 8.85. The van der Waals surface area contributed by atoms with Crippen LogP contribution in [-0.4, -0.2) is 37.2 Å². The van der Waals surface area contributed by atoms with Gasteiger partial charge in [0.15, 0.2) is 0 Å². The Morgan fingerprint density at radius 1 is 1.36 bits per heavy atom. The van der Waals surface area contributed by atoms with E-state index in [9.17, 15) is 4.79 Å². The molecule has 1 aliphatic heterocycles. The van der Waals surface area contributed by atoms with Crippen LogP contribution in [0, 0.1) is 6.92 Å². The molecule has 4 rings (SSSR count). The third kappa shape index (κ3) is 3.09. The van der Waals surface area contributed by atoms with E-state index in [1.165, 1.54) is 5.56 Å². The standard InChI is InChI=1S/C19H23N5O/c1-13-10-20-23(11-13)12-15-6-5-9-24(15)14(2)18-21-17-8-4-3-7-16(17)19(25)22-18/h3-4,7-8,10-11,14-15H,5-6,9,12H2,1-2H3,(H,21,22,25). The van der Waals surface area contributed by atoms with Crippen molar-refractivity contribution in [3.63, 3.8) is 0 Å². The third-order valence-electron chi connectivity index (χ3n) is 5.11. The van der Waals surface area contributed by atoms with Gasteiger partial charge in [0.25, 0.3) is 5.56 Å². The summed E-state index contributed by atoms with van der Waals surface area (Å²) < 4.78 is 2.02. The fourth-order valence-corrected chi connectivity index (χ4v) is 3.81. The van der Waals surface area contributed by atoms with Gasteiger partial charge in [0, 0.05) is 12.2 Å². The average molecular weight is 337 g/mol. The molecule has 0 bridgehead atoms. The van der Waals surface area contributed by atoms with Crippen molar-refractivity contribution in [2.75, 3.05) is 6.54 Å². The number of H-pyrrole nitrogens is 1. The normalized spacial score (nSPS) is 19.5. The molecule has 6 nitrogen and oxygen atoms in total. The molecule has 1 aliphatic rings. The number of aromatic nitrogens is 4. The molecule has 1 fully saturated rings. The molecule has 0 aliphatic carbocycles. The second-order valence-corrected chi connectivity index (χ2v) is 6.92. The van der Waals surface area contributed by atoms with Crippen molar-refractivity contribution in [3.8, 4) is 0 Å². The van der Waals surface area contributed by atoms with Crippen molar-refractivity contribution in [3.05, 3.63) is 58.4 Å². The largest absolute Gasteiger partial charge is 0.309 e. The van der Waals surface area contributed by atoms with E-state index >= 15 is 0 Å². The van der Waals surface area contributed by atoms with E-state index in [0.29, 0.717) is 11.4 Å². The average Bonchev–Trinajstić information content (AvgIpc) is 3.23. The number of nitrogens with one attached hydrogen (secondary N) is 1. The Morgan fingerprint density at radius 3 is 3.00 bits per heavy atom. The second-order valence-electron chi connectivity index (χ2n) is 6.92. The Bertz CT molecular complexity index is 944. The molecule has 0 radical (unpaired) electrons. The molecule has 6 heteroatoms. The molecule has 1 N–H and O–H groups in total. The van der Waals surface area contributed by atoms with Gasteiger partial charge in [0.05, 0.1) is 29.7 Å². The maximum Gasteiger partial charge on any atom is 0.258 e. The Labute approximate surface area is 146 Å². The van der Waals surface area contributed by atoms with Crippen LogP contribution in [0.15, 0.2) is 41.5 Å². The summed E-state index contributed by atoms with van der Waals surface area (Å²) >= 11 is 0. The summed E-state index contributed by atoms with van der Waals surface area (Å²) in [6.45, 7) is 6.07. The third-order valence-corrected chi connectivity index (χ3v) is 5.11. The zero-order chi connectivity index (χ0) is 17.4. The lowest BCUT2D eigenvalue weighted by molar-refractivity contribution is 0.167. The van der Waals surface area contributed by atoms with Crippen LogP contribution in [-0.2, 0) is 6.54 Å². The van der Waals surface area contributed by atoms with Crippen LogP contribution in [0.5, 0.6) is 0 Å². The zero-order valence-corrected chi connectivity index (χ0v) is 14.6. The molecule has 2 aromatic heterocycles. The number of hydrogen-bond donors (Lipinski definition) is 1. The molecule has 1 aromatic carbocycles. The van der Waals surface area contributed by atoms with E-state index in [2.05, 4.69) is 35.0 Å². The Kier molecular flexibility index (Phi) is 4.13. The number of rotatable bonds is 4. The highest BCUT2D eigenvalue weighted by Gasteiger charge is 2.31. The molecule has 25 heavy (non-hydrogen) atoms. The van der Waals surface area contributed by atoms with Crippen molar-refractivity contribution < 1.29 is 0 Å². The summed E-state index contributed by atoms with van der Waals surface area (Å²) in [5, 5.41) is 5.06. The number of nitrogens with zero attached hydrogens (tertiary/aromatic N) is 4. The smallest absolute Gasteiger partial charge is 0.258 e. The number of para-hydroxylation sites is 1. The number of benzene rings is 1. The summed E-state index contributed by atoms with van der Waals surface area (Å²) in [5.74, 6) is 0.743. The van der Waals surface area contributed by atoms with E-state index in [1.807, 2.05) is 35.1 Å². The Balaban J connectivity index is 1.61. The summed E-state index contributed by atoms with van der Waals surface area (Å²) in [6, 6.07) is 7.98. The van der Waals surface area contributed by atoms with Crippen LogP contribution in [0.1, 0.15) is 37.2 Å². The number of likely N-dealkylation sites (tertiary alicyclic amines) is 1. The van der Waals surface area contributed by atoms with Crippen molar-refractivity contribution in [2.24, 2.45) is 0 Å². The highest BCUT2D eigenvalue weighted by molar-refractivity contribution is 5.77. The van der Waals surface area contributed by atoms with Crippen LogP contribution < -0.4 is 5.56 Å². The minimum absolute atomic E-state index is 0.0640. The predicted octanol–water partition coefficient (Wildman–Crippen LogP) is 2.65. The molecule has 0 spiro atoms. The van der Waals surface area contributed by atoms with Gasteiger partial charge in [0.2, 0.25) is 0 Å². The number of fused-ring (bicyclic) bond motifs is 1. The molecule has 0 amide bonds. The monoisotopic (exact) mass is 337 g/mol. The number of aromatic amines is 1. The highest BCUT2D eigenvalue weighted by atomic mass is 16.1. The van der Waals surface area contributed by atoms with E-state index in [4.69, 9.17) is 4.98 Å². The molecule has 0 saturated carbocycles. The van der Waals surface area contributed by atoms with Crippen molar-refractivity contribution in [1.82, 2.24) is 24.6 Å². The van der Waals surface area contributed by atoms with Gasteiger partial charge in [-0.2, -0.15) is 5.10 Å². The van der Waals surface area contributed by atoms with Crippen molar-refractivity contribution >= 4 is 10.9 Å². The quantitative estimate of drug-likeness (QED) is 0.795. The fraction of sp³-hybridized carbons (Fsp3) is 0.421. The molecule has 2 atom stereocenters. The fourth-order valence-electron chi connectivity index (χ4n) is 3.81. The van der Waals surface area contributed by atoms with Gasteiger partial charge in [-0.25, -0.2) is 4.98 Å².